The molecule has 0 aliphatic heterocycles. The lowest BCUT2D eigenvalue weighted by atomic mass is 10.2. The van der Waals surface area contributed by atoms with Crippen LogP contribution in [0, 0.1) is 0 Å². The van der Waals surface area contributed by atoms with E-state index in [1.807, 2.05) is 26.2 Å². The van der Waals surface area contributed by atoms with Crippen molar-refractivity contribution >= 4 is 0 Å². The van der Waals surface area contributed by atoms with E-state index in [0.717, 1.165) is 24.5 Å². The summed E-state index contributed by atoms with van der Waals surface area (Å²) < 4.78 is 10.8. The highest BCUT2D eigenvalue weighted by molar-refractivity contribution is 5.29. The summed E-state index contributed by atoms with van der Waals surface area (Å²) in [5.74, 6) is 0.874. The Labute approximate surface area is 90.6 Å². The highest BCUT2D eigenvalue weighted by Gasteiger charge is 2.01. The van der Waals surface area contributed by atoms with Crippen LogP contribution in [-0.4, -0.2) is 31.9 Å². The van der Waals surface area contributed by atoms with Gasteiger partial charge in [0.15, 0.2) is 0 Å². The van der Waals surface area contributed by atoms with Gasteiger partial charge in [-0.25, -0.2) is 0 Å². The van der Waals surface area contributed by atoms with Crippen LogP contribution in [0.4, 0.5) is 0 Å². The van der Waals surface area contributed by atoms with E-state index < -0.39 is 0 Å². The number of pyridine rings is 1. The van der Waals surface area contributed by atoms with Crippen LogP contribution in [0.3, 0.4) is 0 Å². The first-order valence-electron chi connectivity index (χ1n) is 5.16. The fourth-order valence-corrected chi connectivity index (χ4v) is 1.23. The summed E-state index contributed by atoms with van der Waals surface area (Å²) in [5, 5.41) is 3.07. The van der Waals surface area contributed by atoms with Crippen LogP contribution in [0.2, 0.25) is 0 Å². The summed E-state index contributed by atoms with van der Waals surface area (Å²) in [6.07, 6.45) is 3.54. The van der Waals surface area contributed by atoms with Gasteiger partial charge in [-0.1, -0.05) is 0 Å². The molecule has 0 spiro atoms. The van der Waals surface area contributed by atoms with Crippen LogP contribution in [-0.2, 0) is 11.3 Å². The van der Waals surface area contributed by atoms with Crippen LogP contribution >= 0.6 is 0 Å². The number of hydrogen-bond acceptors (Lipinski definition) is 4. The summed E-state index contributed by atoms with van der Waals surface area (Å²) >= 11 is 0. The first-order valence-corrected chi connectivity index (χ1v) is 5.16. The van der Waals surface area contributed by atoms with Gasteiger partial charge in [0, 0.05) is 31.1 Å². The Morgan fingerprint density at radius 3 is 3.00 bits per heavy atom. The Morgan fingerprint density at radius 1 is 1.40 bits per heavy atom. The first kappa shape index (κ1) is 11.9. The molecular weight excluding hydrogens is 192 g/mol. The van der Waals surface area contributed by atoms with Crippen LogP contribution in [0.1, 0.15) is 12.5 Å². The number of nitrogens with one attached hydrogen (secondary N) is 1. The summed E-state index contributed by atoms with van der Waals surface area (Å²) in [6, 6.07) is 1.87. The highest BCUT2D eigenvalue weighted by Crippen LogP contribution is 2.15. The van der Waals surface area contributed by atoms with Crippen LogP contribution in [0.25, 0.3) is 0 Å². The quantitative estimate of drug-likeness (QED) is 0.687. The maximum atomic E-state index is 5.59. The Morgan fingerprint density at radius 2 is 2.27 bits per heavy atom. The highest BCUT2D eigenvalue weighted by atomic mass is 16.5. The second kappa shape index (κ2) is 7.20. The van der Waals surface area contributed by atoms with E-state index >= 15 is 0 Å². The molecule has 0 aliphatic rings. The maximum Gasteiger partial charge on any atom is 0.126 e. The minimum absolute atomic E-state index is 0.578. The van der Waals surface area contributed by atoms with Crippen molar-refractivity contribution in [2.75, 3.05) is 26.9 Å². The van der Waals surface area contributed by atoms with Gasteiger partial charge >= 0.3 is 0 Å². The largest absolute Gasteiger partial charge is 0.491 e. The molecule has 0 saturated carbocycles. The third kappa shape index (κ3) is 4.27. The van der Waals surface area contributed by atoms with Gasteiger partial charge in [0.25, 0.3) is 0 Å². The molecule has 15 heavy (non-hydrogen) atoms. The second-order valence-corrected chi connectivity index (χ2v) is 3.06. The van der Waals surface area contributed by atoms with E-state index in [4.69, 9.17) is 9.47 Å². The summed E-state index contributed by atoms with van der Waals surface area (Å²) in [7, 11) is 1.90. The lowest BCUT2D eigenvalue weighted by molar-refractivity contribution is 0.110. The standard InChI is InChI=1S/C11H18N2O2/c1-3-14-6-7-15-11-4-5-13-9-10(11)8-12-2/h4-5,9,12H,3,6-8H2,1-2H3. The zero-order valence-corrected chi connectivity index (χ0v) is 9.32. The van der Waals surface area contributed by atoms with E-state index in [1.54, 1.807) is 6.20 Å². The van der Waals surface area contributed by atoms with Gasteiger partial charge in [0.2, 0.25) is 0 Å². The number of nitrogens with zero attached hydrogens (tertiary/aromatic N) is 1. The number of rotatable bonds is 7. The van der Waals surface area contributed by atoms with Crippen molar-refractivity contribution in [3.8, 4) is 5.75 Å². The fourth-order valence-electron chi connectivity index (χ4n) is 1.23. The molecule has 0 aliphatic carbocycles. The molecule has 1 N–H and O–H groups in total. The summed E-state index contributed by atoms with van der Waals surface area (Å²) in [6.45, 7) is 4.66. The monoisotopic (exact) mass is 210 g/mol. The van der Waals surface area contributed by atoms with Crippen molar-refractivity contribution in [3.05, 3.63) is 24.0 Å². The van der Waals surface area contributed by atoms with Crippen molar-refractivity contribution in [1.82, 2.24) is 10.3 Å². The van der Waals surface area contributed by atoms with Crippen molar-refractivity contribution in [2.45, 2.75) is 13.5 Å². The molecule has 0 amide bonds. The second-order valence-electron chi connectivity index (χ2n) is 3.06. The van der Waals surface area contributed by atoms with Crippen molar-refractivity contribution < 1.29 is 9.47 Å². The average Bonchev–Trinajstić information content (AvgIpc) is 2.27. The fraction of sp³-hybridized carbons (Fsp3) is 0.545. The molecule has 0 saturated heterocycles. The van der Waals surface area contributed by atoms with Gasteiger partial charge < -0.3 is 14.8 Å². The maximum absolute atomic E-state index is 5.59. The molecule has 0 unspecified atom stereocenters. The zero-order valence-electron chi connectivity index (χ0n) is 9.32. The molecule has 0 bridgehead atoms. The Hall–Kier alpha value is -1.13. The normalized spacial score (nSPS) is 10.3. The average molecular weight is 210 g/mol. The molecule has 0 radical (unpaired) electrons. The lowest BCUT2D eigenvalue weighted by Crippen LogP contribution is -2.11. The summed E-state index contributed by atoms with van der Waals surface area (Å²) in [5.41, 5.74) is 1.07. The molecule has 0 atom stereocenters. The van der Waals surface area contributed by atoms with E-state index in [1.165, 1.54) is 0 Å². The van der Waals surface area contributed by atoms with Gasteiger partial charge in [-0.3, -0.25) is 4.98 Å². The van der Waals surface area contributed by atoms with E-state index in [2.05, 4.69) is 10.3 Å². The van der Waals surface area contributed by atoms with Crippen LogP contribution in [0.5, 0.6) is 5.75 Å². The minimum Gasteiger partial charge on any atom is -0.491 e. The number of aromatic nitrogens is 1. The van der Waals surface area contributed by atoms with Gasteiger partial charge in [0.1, 0.15) is 12.4 Å². The van der Waals surface area contributed by atoms with E-state index in [9.17, 15) is 0 Å². The van der Waals surface area contributed by atoms with E-state index in [0.29, 0.717) is 13.2 Å². The summed E-state index contributed by atoms with van der Waals surface area (Å²) in [4.78, 5) is 4.06. The third-order valence-corrected chi connectivity index (χ3v) is 1.92. The molecule has 0 fully saturated rings. The zero-order chi connectivity index (χ0) is 10.9. The molecule has 84 valence electrons. The molecule has 1 rings (SSSR count). The number of hydrogen-bond donors (Lipinski definition) is 1. The minimum atomic E-state index is 0.578. The number of ether oxygens (including phenoxy) is 2. The molecule has 4 heteroatoms. The van der Waals surface area contributed by atoms with Crippen LogP contribution < -0.4 is 10.1 Å². The van der Waals surface area contributed by atoms with Crippen LogP contribution in [0.15, 0.2) is 18.5 Å². The van der Waals surface area contributed by atoms with Gasteiger partial charge in [-0.15, -0.1) is 0 Å². The molecule has 0 aromatic carbocycles. The van der Waals surface area contributed by atoms with Gasteiger partial charge in [-0.05, 0) is 20.0 Å². The molecule has 1 aromatic rings. The first-order chi connectivity index (χ1) is 7.38. The third-order valence-electron chi connectivity index (χ3n) is 1.92. The SMILES string of the molecule is CCOCCOc1ccncc1CNC. The molecule has 1 aromatic heterocycles. The van der Waals surface area contributed by atoms with Gasteiger partial charge in [-0.2, -0.15) is 0 Å². The topological polar surface area (TPSA) is 43.4 Å². The molecule has 4 nitrogen and oxygen atoms in total. The van der Waals surface area contributed by atoms with E-state index in [-0.39, 0.29) is 0 Å². The van der Waals surface area contributed by atoms with Gasteiger partial charge in [0.05, 0.1) is 6.61 Å². The smallest absolute Gasteiger partial charge is 0.126 e. The predicted molar refractivity (Wildman–Crippen MR) is 59.0 cm³/mol. The Kier molecular flexibility index (Phi) is 5.73. The predicted octanol–water partition coefficient (Wildman–Crippen LogP) is 1.22. The Bertz CT molecular complexity index is 279. The Balaban J connectivity index is 2.44. The lowest BCUT2D eigenvalue weighted by Gasteiger charge is -2.10. The molecular formula is C11H18N2O2. The van der Waals surface area contributed by atoms with Crippen molar-refractivity contribution in [3.63, 3.8) is 0 Å². The van der Waals surface area contributed by atoms with Crippen molar-refractivity contribution in [1.29, 1.82) is 0 Å². The molecule has 1 heterocycles. The van der Waals surface area contributed by atoms with Crippen molar-refractivity contribution in [2.24, 2.45) is 0 Å².